The molecule has 0 aromatic rings. The summed E-state index contributed by atoms with van der Waals surface area (Å²) in [4.78, 5) is 10.5. The minimum absolute atomic E-state index is 0.0912. The molecule has 2 heterocycles. The fourth-order valence-electron chi connectivity index (χ4n) is 3.25. The molecule has 13 heteroatoms. The Labute approximate surface area is 167 Å². The van der Waals surface area contributed by atoms with Crippen LogP contribution in [0.1, 0.15) is 0 Å². The molecule has 152 valence electrons. The average molecular weight is 422 g/mol. The molecule has 0 saturated carbocycles. The second-order valence-electron chi connectivity index (χ2n) is 6.17. The van der Waals surface area contributed by atoms with Crippen LogP contribution in [0.3, 0.4) is 0 Å². The molecule has 9 nitrogen and oxygen atoms in total. The van der Waals surface area contributed by atoms with Gasteiger partial charge in [-0.05, 0) is 11.8 Å². The summed E-state index contributed by atoms with van der Waals surface area (Å²) in [6.45, 7) is -3.57. The van der Waals surface area contributed by atoms with Gasteiger partial charge < -0.3 is 37.8 Å². The van der Waals surface area contributed by atoms with Gasteiger partial charge in [-0.25, -0.2) is 0 Å². The van der Waals surface area contributed by atoms with Crippen molar-refractivity contribution in [2.24, 2.45) is 0 Å². The Bertz CT molecular complexity index is 519. The maximum absolute atomic E-state index is 10.5. The van der Waals surface area contributed by atoms with Crippen LogP contribution in [0.5, 0.6) is 0 Å². The van der Waals surface area contributed by atoms with E-state index < -0.39 is 55.3 Å². The molecule has 27 heavy (non-hydrogen) atoms. The maximum Gasteiger partial charge on any atom is 0.325 e. The predicted octanol–water partition coefficient (Wildman–Crippen LogP) is -0.917. The van der Waals surface area contributed by atoms with Gasteiger partial charge in [-0.15, -0.1) is 0 Å². The molecular formula is C14H25B2O9PS. The fourth-order valence-corrected chi connectivity index (χ4v) is 4.69. The van der Waals surface area contributed by atoms with Gasteiger partial charge in [0.15, 0.2) is 0 Å². The Morgan fingerprint density at radius 3 is 1.81 bits per heavy atom. The Hall–Kier alpha value is 0.420. The minimum atomic E-state index is -3.67. The van der Waals surface area contributed by atoms with Gasteiger partial charge in [0.05, 0.1) is 13.2 Å². The minimum Gasteiger partial charge on any atom is -0.382 e. The maximum atomic E-state index is 10.5. The molecule has 0 aromatic heterocycles. The lowest BCUT2D eigenvalue weighted by molar-refractivity contribution is -0.0451. The molecule has 1 N–H and O–H groups in total. The van der Waals surface area contributed by atoms with Crippen LogP contribution in [0.2, 0.25) is 0 Å². The Morgan fingerprint density at radius 2 is 1.33 bits per heavy atom. The van der Waals surface area contributed by atoms with Crippen LogP contribution in [-0.2, 0) is 49.3 Å². The third-order valence-corrected chi connectivity index (χ3v) is 6.06. The quantitative estimate of drug-likeness (QED) is 0.352. The molecule has 2 aliphatic heterocycles. The summed E-state index contributed by atoms with van der Waals surface area (Å²) in [6, 6.07) is -1.43. The molecule has 0 bridgehead atoms. The molecule has 5 unspecified atom stereocenters. The van der Waals surface area contributed by atoms with Crippen molar-refractivity contribution in [3.05, 3.63) is 0 Å². The first-order valence-corrected chi connectivity index (χ1v) is 10.9. The van der Waals surface area contributed by atoms with Crippen LogP contribution in [-0.4, -0.2) is 111 Å². The van der Waals surface area contributed by atoms with Crippen LogP contribution in [0.15, 0.2) is 0 Å². The van der Waals surface area contributed by atoms with Gasteiger partial charge in [0.1, 0.15) is 52.3 Å². The van der Waals surface area contributed by atoms with Gasteiger partial charge in [0.2, 0.25) is 0 Å². The summed E-state index contributed by atoms with van der Waals surface area (Å²) in [5.74, 6) is 0. The lowest BCUT2D eigenvalue weighted by atomic mass is 9.93. The Kier molecular flexibility index (Phi) is 9.17. The normalized spacial score (nSPS) is 41.7. The van der Waals surface area contributed by atoms with Crippen LogP contribution < -0.4 is 0 Å². The summed E-state index contributed by atoms with van der Waals surface area (Å²) < 4.78 is 43.3. The number of methoxy groups -OCH3 is 4. The van der Waals surface area contributed by atoms with Crippen LogP contribution >= 0.6 is 6.72 Å². The highest BCUT2D eigenvalue weighted by Crippen LogP contribution is 2.48. The van der Waals surface area contributed by atoms with Crippen molar-refractivity contribution in [2.75, 3.05) is 41.7 Å². The Morgan fingerprint density at radius 1 is 0.852 bits per heavy atom. The highest BCUT2D eigenvalue weighted by atomic mass is 32.5. The highest BCUT2D eigenvalue weighted by Gasteiger charge is 2.47. The van der Waals surface area contributed by atoms with Gasteiger partial charge in [0.25, 0.3) is 0 Å². The van der Waals surface area contributed by atoms with Gasteiger partial charge in [-0.3, -0.25) is 4.52 Å². The van der Waals surface area contributed by atoms with E-state index in [1.165, 1.54) is 28.4 Å². The largest absolute Gasteiger partial charge is 0.382 e. The van der Waals surface area contributed by atoms with Crippen molar-refractivity contribution in [3.63, 3.8) is 0 Å². The smallest absolute Gasteiger partial charge is 0.325 e. The number of hydrogen-bond acceptors (Lipinski definition) is 9. The summed E-state index contributed by atoms with van der Waals surface area (Å²) >= 11 is 5.12. The summed E-state index contributed by atoms with van der Waals surface area (Å²) in [6.07, 6.45) is -3.47. The lowest BCUT2D eigenvalue weighted by Gasteiger charge is -2.28. The van der Waals surface area contributed by atoms with Crippen molar-refractivity contribution in [1.82, 2.24) is 0 Å². The SMILES string of the molecule is [B][C@@H]1O[C@H](COP(O)(=S)OC2C(OC)[C@H]([B])O[C@@H]2COC)C(OC)C1OC. The van der Waals surface area contributed by atoms with E-state index in [4.69, 9.17) is 65.0 Å². The van der Waals surface area contributed by atoms with Gasteiger partial charge >= 0.3 is 6.72 Å². The molecule has 2 saturated heterocycles. The molecule has 2 fully saturated rings. The zero-order valence-corrected chi connectivity index (χ0v) is 17.5. The predicted molar refractivity (Wildman–Crippen MR) is 100 cm³/mol. The van der Waals surface area contributed by atoms with E-state index in [-0.39, 0.29) is 13.2 Å². The van der Waals surface area contributed by atoms with E-state index in [1.54, 1.807) is 0 Å². The number of rotatable bonds is 10. The van der Waals surface area contributed by atoms with E-state index in [9.17, 15) is 4.89 Å². The summed E-state index contributed by atoms with van der Waals surface area (Å²) in [7, 11) is 17.7. The van der Waals surface area contributed by atoms with E-state index in [1.807, 2.05) is 0 Å². The molecule has 0 aliphatic carbocycles. The van der Waals surface area contributed by atoms with Crippen molar-refractivity contribution >= 4 is 34.2 Å². The van der Waals surface area contributed by atoms with E-state index in [0.29, 0.717) is 0 Å². The van der Waals surface area contributed by atoms with Gasteiger partial charge in [0, 0.05) is 40.4 Å². The lowest BCUT2D eigenvalue weighted by Crippen LogP contribution is -2.39. The first-order valence-electron chi connectivity index (χ1n) is 8.33. The first-order chi connectivity index (χ1) is 12.8. The zero-order valence-electron chi connectivity index (χ0n) is 15.8. The van der Waals surface area contributed by atoms with E-state index in [0.717, 1.165) is 0 Å². The van der Waals surface area contributed by atoms with Gasteiger partial charge in [-0.2, -0.15) is 0 Å². The average Bonchev–Trinajstić information content (AvgIpc) is 3.08. The third kappa shape index (κ3) is 5.73. The molecule has 0 amide bonds. The molecule has 9 atom stereocenters. The molecule has 2 rings (SSSR count). The molecular weight excluding hydrogens is 397 g/mol. The number of ether oxygens (including phenoxy) is 6. The highest BCUT2D eigenvalue weighted by molar-refractivity contribution is 8.07. The summed E-state index contributed by atoms with van der Waals surface area (Å²) in [5.41, 5.74) is 0. The second kappa shape index (κ2) is 10.4. The topological polar surface area (TPSA) is 94.1 Å². The first kappa shape index (κ1) is 23.7. The second-order valence-corrected chi connectivity index (χ2v) is 8.96. The van der Waals surface area contributed by atoms with Gasteiger partial charge in [-0.1, -0.05) is 0 Å². The van der Waals surface area contributed by atoms with Crippen LogP contribution in [0, 0.1) is 0 Å². The number of hydrogen-bond donors (Lipinski definition) is 1. The monoisotopic (exact) mass is 422 g/mol. The van der Waals surface area contributed by atoms with E-state index in [2.05, 4.69) is 0 Å². The fraction of sp³-hybridized carbons (Fsp3) is 1.00. The van der Waals surface area contributed by atoms with E-state index >= 15 is 0 Å². The zero-order chi connectivity index (χ0) is 20.2. The summed E-state index contributed by atoms with van der Waals surface area (Å²) in [5, 5.41) is 0. The van der Waals surface area contributed by atoms with Crippen LogP contribution in [0.25, 0.3) is 0 Å². The van der Waals surface area contributed by atoms with Crippen molar-refractivity contribution < 1.29 is 42.4 Å². The molecule has 0 aromatic carbocycles. The van der Waals surface area contributed by atoms with Crippen molar-refractivity contribution in [2.45, 2.75) is 48.6 Å². The standard InChI is InChI=1S/C14H25B2O9PS/c1-18-5-7-10(12(21-4)14(16)23-7)25-26(17,27)22-6-8-9(19-2)11(20-3)13(15)24-8/h7-14H,5-6H2,1-4H3,(H,17,27)/t7-,8-,9?,10?,11?,12?,13-,14-,26?/m1/s1. The van der Waals surface area contributed by atoms with Crippen LogP contribution in [0.4, 0.5) is 0 Å². The third-order valence-electron chi connectivity index (χ3n) is 4.50. The molecule has 4 radical (unpaired) electrons. The molecule has 2 aliphatic rings. The molecule has 0 spiro atoms. The van der Waals surface area contributed by atoms with Crippen molar-refractivity contribution in [3.8, 4) is 0 Å². The van der Waals surface area contributed by atoms with Crippen molar-refractivity contribution in [1.29, 1.82) is 0 Å². The Balaban J connectivity index is 1.98.